The molecule has 1 aromatic carbocycles. The minimum Gasteiger partial charge on any atom is -0.329 e. The molecule has 2 aromatic rings. The molecule has 24 heavy (non-hydrogen) atoms. The molecule has 0 fully saturated rings. The molecule has 0 atom stereocenters. The number of benzene rings is 1. The van der Waals surface area contributed by atoms with E-state index in [0.29, 0.717) is 11.1 Å². The van der Waals surface area contributed by atoms with Crippen molar-refractivity contribution in [3.63, 3.8) is 0 Å². The second kappa shape index (κ2) is 6.87. The van der Waals surface area contributed by atoms with Crippen molar-refractivity contribution < 1.29 is 26.1 Å². The Bertz CT molecular complexity index is 788. The minimum absolute atomic E-state index is 0.125. The maximum Gasteiger partial charge on any atom is 0.471 e. The first-order valence-corrected chi connectivity index (χ1v) is 8.30. The van der Waals surface area contributed by atoms with Crippen LogP contribution < -0.4 is 4.72 Å². The highest BCUT2D eigenvalue weighted by Gasteiger charge is 2.38. The van der Waals surface area contributed by atoms with Crippen molar-refractivity contribution in [2.45, 2.75) is 19.6 Å². The average molecular weight is 364 g/mol. The lowest BCUT2D eigenvalue weighted by molar-refractivity contribution is -0.159. The van der Waals surface area contributed by atoms with E-state index in [4.69, 9.17) is 0 Å². The molecule has 132 valence electrons. The topological polar surface area (TPSA) is 88.3 Å². The minimum atomic E-state index is -4.70. The molecule has 0 unspecified atom stereocenters. The zero-order chi connectivity index (χ0) is 18.0. The number of nitrogens with zero attached hydrogens (tertiary/aromatic N) is 3. The molecule has 0 saturated carbocycles. The number of rotatable bonds is 6. The second-order valence-electron chi connectivity index (χ2n) is 4.75. The zero-order valence-corrected chi connectivity index (χ0v) is 13.6. The summed E-state index contributed by atoms with van der Waals surface area (Å²) in [5.74, 6) is -1.61. The van der Waals surface area contributed by atoms with Gasteiger partial charge in [-0.25, -0.2) is 4.72 Å². The SMILES string of the molecule is CCN(Cc1ccc(-c2noc(C(F)(F)F)n2)cc1)S(=O)(=O)NC. The molecular formula is C13H15F3N4O3S. The average Bonchev–Trinajstić information content (AvgIpc) is 3.03. The number of hydrogen-bond acceptors (Lipinski definition) is 5. The van der Waals surface area contributed by atoms with E-state index in [0.717, 1.165) is 0 Å². The summed E-state index contributed by atoms with van der Waals surface area (Å²) < 4.78 is 68.5. The van der Waals surface area contributed by atoms with Gasteiger partial charge in [-0.05, 0) is 5.56 Å². The van der Waals surface area contributed by atoms with Gasteiger partial charge in [0.25, 0.3) is 10.2 Å². The van der Waals surface area contributed by atoms with Gasteiger partial charge in [-0.15, -0.1) is 0 Å². The van der Waals surface area contributed by atoms with E-state index in [1.165, 1.54) is 23.5 Å². The van der Waals surface area contributed by atoms with Crippen LogP contribution in [0.3, 0.4) is 0 Å². The number of aromatic nitrogens is 2. The fourth-order valence-electron chi connectivity index (χ4n) is 1.91. The van der Waals surface area contributed by atoms with E-state index in [2.05, 4.69) is 19.4 Å². The summed E-state index contributed by atoms with van der Waals surface area (Å²) in [4.78, 5) is 3.29. The number of nitrogens with one attached hydrogen (secondary N) is 1. The molecule has 7 nitrogen and oxygen atoms in total. The predicted molar refractivity (Wildman–Crippen MR) is 78.8 cm³/mol. The van der Waals surface area contributed by atoms with Gasteiger partial charge >= 0.3 is 12.1 Å². The summed E-state index contributed by atoms with van der Waals surface area (Å²) in [5.41, 5.74) is 0.997. The van der Waals surface area contributed by atoms with Gasteiger partial charge in [0.1, 0.15) is 0 Å². The van der Waals surface area contributed by atoms with Gasteiger partial charge in [0.15, 0.2) is 0 Å². The van der Waals surface area contributed by atoms with Crippen LogP contribution in [0.5, 0.6) is 0 Å². The van der Waals surface area contributed by atoms with E-state index in [1.54, 1.807) is 19.1 Å². The van der Waals surface area contributed by atoms with Gasteiger partial charge in [-0.3, -0.25) is 0 Å². The Hall–Kier alpha value is -1.98. The Kier molecular flexibility index (Phi) is 5.26. The molecule has 0 bridgehead atoms. The molecular weight excluding hydrogens is 349 g/mol. The molecule has 2 rings (SSSR count). The fourth-order valence-corrected chi connectivity index (χ4v) is 2.83. The van der Waals surface area contributed by atoms with Crippen molar-refractivity contribution in [2.75, 3.05) is 13.6 Å². The highest BCUT2D eigenvalue weighted by molar-refractivity contribution is 7.87. The summed E-state index contributed by atoms with van der Waals surface area (Å²) in [6, 6.07) is 6.18. The van der Waals surface area contributed by atoms with Crippen molar-refractivity contribution in [3.8, 4) is 11.4 Å². The molecule has 1 aromatic heterocycles. The third-order valence-electron chi connectivity index (χ3n) is 3.19. The quantitative estimate of drug-likeness (QED) is 0.847. The highest BCUT2D eigenvalue weighted by atomic mass is 32.2. The third kappa shape index (κ3) is 4.10. The molecule has 1 N–H and O–H groups in total. The van der Waals surface area contributed by atoms with Crippen LogP contribution in [0.25, 0.3) is 11.4 Å². The predicted octanol–water partition coefficient (Wildman–Crippen LogP) is 2.04. The Morgan fingerprint density at radius 1 is 1.25 bits per heavy atom. The van der Waals surface area contributed by atoms with Gasteiger partial charge in [0.2, 0.25) is 5.82 Å². The van der Waals surface area contributed by atoms with Crippen LogP contribution in [0.1, 0.15) is 18.4 Å². The molecule has 0 aliphatic carbocycles. The maximum atomic E-state index is 12.4. The first-order valence-electron chi connectivity index (χ1n) is 6.86. The second-order valence-corrected chi connectivity index (χ2v) is 6.63. The highest BCUT2D eigenvalue weighted by Crippen LogP contribution is 2.29. The fraction of sp³-hybridized carbons (Fsp3) is 0.385. The number of hydrogen-bond donors (Lipinski definition) is 1. The molecule has 0 saturated heterocycles. The lowest BCUT2D eigenvalue weighted by atomic mass is 10.1. The van der Waals surface area contributed by atoms with Crippen molar-refractivity contribution in [2.24, 2.45) is 0 Å². The van der Waals surface area contributed by atoms with E-state index in [-0.39, 0.29) is 18.9 Å². The van der Waals surface area contributed by atoms with E-state index >= 15 is 0 Å². The molecule has 0 spiro atoms. The van der Waals surface area contributed by atoms with Gasteiger partial charge in [-0.1, -0.05) is 36.3 Å². The standard InChI is InChI=1S/C13H15F3N4O3S/c1-3-20(24(21,22)17-2)8-9-4-6-10(7-5-9)11-18-12(23-19-11)13(14,15)16/h4-7,17H,3,8H2,1-2H3. The van der Waals surface area contributed by atoms with Gasteiger partial charge in [0, 0.05) is 25.7 Å². The van der Waals surface area contributed by atoms with Crippen molar-refractivity contribution in [3.05, 3.63) is 35.7 Å². The van der Waals surface area contributed by atoms with Crippen molar-refractivity contribution >= 4 is 10.2 Å². The zero-order valence-electron chi connectivity index (χ0n) is 12.8. The Morgan fingerprint density at radius 3 is 2.33 bits per heavy atom. The largest absolute Gasteiger partial charge is 0.471 e. The first kappa shape index (κ1) is 18.4. The Balaban J connectivity index is 2.17. The first-order chi connectivity index (χ1) is 11.2. The number of alkyl halides is 3. The summed E-state index contributed by atoms with van der Waals surface area (Å²) in [5, 5.41) is 3.29. The van der Waals surface area contributed by atoms with Crippen molar-refractivity contribution in [1.82, 2.24) is 19.2 Å². The van der Waals surface area contributed by atoms with Crippen LogP contribution in [0.2, 0.25) is 0 Å². The Morgan fingerprint density at radius 2 is 1.88 bits per heavy atom. The van der Waals surface area contributed by atoms with Crippen LogP contribution in [0.4, 0.5) is 13.2 Å². The van der Waals surface area contributed by atoms with Crippen LogP contribution in [-0.4, -0.2) is 36.5 Å². The maximum absolute atomic E-state index is 12.4. The molecule has 0 radical (unpaired) electrons. The summed E-state index contributed by atoms with van der Waals surface area (Å²) in [7, 11) is -2.25. The monoisotopic (exact) mass is 364 g/mol. The van der Waals surface area contributed by atoms with Crippen molar-refractivity contribution in [1.29, 1.82) is 0 Å². The van der Waals surface area contributed by atoms with Crippen LogP contribution >= 0.6 is 0 Å². The van der Waals surface area contributed by atoms with Gasteiger partial charge in [-0.2, -0.15) is 30.9 Å². The molecule has 0 aliphatic rings. The van der Waals surface area contributed by atoms with Gasteiger partial charge in [0.05, 0.1) is 0 Å². The van der Waals surface area contributed by atoms with E-state index in [9.17, 15) is 21.6 Å². The van der Waals surface area contributed by atoms with E-state index < -0.39 is 22.3 Å². The van der Waals surface area contributed by atoms with Crippen LogP contribution in [0, 0.1) is 0 Å². The van der Waals surface area contributed by atoms with Crippen LogP contribution in [-0.2, 0) is 22.9 Å². The molecule has 0 aliphatic heterocycles. The summed E-state index contributed by atoms with van der Waals surface area (Å²) in [6.07, 6.45) is -4.70. The summed E-state index contributed by atoms with van der Waals surface area (Å²) >= 11 is 0. The molecule has 1 heterocycles. The van der Waals surface area contributed by atoms with E-state index in [1.807, 2.05) is 0 Å². The third-order valence-corrected chi connectivity index (χ3v) is 4.77. The van der Waals surface area contributed by atoms with Gasteiger partial charge < -0.3 is 4.52 Å². The summed E-state index contributed by atoms with van der Waals surface area (Å²) in [6.45, 7) is 2.09. The Labute approximate surface area is 136 Å². The van der Waals surface area contributed by atoms with Crippen LogP contribution in [0.15, 0.2) is 28.8 Å². The molecule has 0 amide bonds. The normalized spacial score (nSPS) is 12.8. The number of halogens is 3. The smallest absolute Gasteiger partial charge is 0.329 e. The molecule has 11 heteroatoms. The lowest BCUT2D eigenvalue weighted by Crippen LogP contribution is -2.38. The lowest BCUT2D eigenvalue weighted by Gasteiger charge is -2.19.